The summed E-state index contributed by atoms with van der Waals surface area (Å²) in [6.07, 6.45) is -2.96. The number of aromatic nitrogens is 6. The summed E-state index contributed by atoms with van der Waals surface area (Å²) in [6, 6.07) is 15.9. The van der Waals surface area contributed by atoms with Crippen molar-refractivity contribution in [2.24, 2.45) is 7.05 Å². The van der Waals surface area contributed by atoms with Gasteiger partial charge in [0, 0.05) is 7.05 Å². The van der Waals surface area contributed by atoms with Crippen molar-refractivity contribution in [1.29, 1.82) is 0 Å². The van der Waals surface area contributed by atoms with Crippen molar-refractivity contribution in [3.05, 3.63) is 77.0 Å². The molecule has 0 unspecified atom stereocenters. The van der Waals surface area contributed by atoms with E-state index in [4.69, 9.17) is 0 Å². The second-order valence-corrected chi connectivity index (χ2v) is 8.36. The summed E-state index contributed by atoms with van der Waals surface area (Å²) in [4.78, 5) is 16.9. The maximum atomic E-state index is 13.4. The summed E-state index contributed by atoms with van der Waals surface area (Å²) in [5.74, 6) is 1.08. The van der Waals surface area contributed by atoms with Crippen LogP contribution in [0.4, 0.5) is 13.2 Å². The third-order valence-electron chi connectivity index (χ3n) is 5.25. The fraction of sp³-hybridized carbons (Fsp3) is 0.182. The van der Waals surface area contributed by atoms with Gasteiger partial charge in [0.15, 0.2) is 5.16 Å². The van der Waals surface area contributed by atoms with Crippen LogP contribution in [0.15, 0.2) is 70.7 Å². The first-order valence-corrected chi connectivity index (χ1v) is 10.9. The lowest BCUT2D eigenvalue weighted by molar-refractivity contribution is -0.141. The molecule has 7 nitrogen and oxygen atoms in total. The molecule has 168 valence electrons. The first-order valence-electron chi connectivity index (χ1n) is 9.96. The van der Waals surface area contributed by atoms with Gasteiger partial charge < -0.3 is 4.57 Å². The summed E-state index contributed by atoms with van der Waals surface area (Å²) in [5.41, 5.74) is 1.47. The number of rotatable bonds is 5. The number of benzene rings is 2. The van der Waals surface area contributed by atoms with Crippen LogP contribution in [0.1, 0.15) is 5.82 Å². The molecule has 0 aliphatic carbocycles. The maximum absolute atomic E-state index is 13.4. The van der Waals surface area contributed by atoms with Crippen molar-refractivity contribution < 1.29 is 13.2 Å². The van der Waals surface area contributed by atoms with Gasteiger partial charge in [-0.25, -0.2) is 4.98 Å². The number of nitrogens with zero attached hydrogens (tertiary/aromatic N) is 6. The third-order valence-corrected chi connectivity index (χ3v) is 6.24. The molecule has 0 spiro atoms. The van der Waals surface area contributed by atoms with Crippen molar-refractivity contribution in [2.45, 2.75) is 23.6 Å². The van der Waals surface area contributed by atoms with Crippen molar-refractivity contribution in [2.75, 3.05) is 0 Å². The average Bonchev–Trinajstić information content (AvgIpc) is 3.40. The predicted octanol–water partition coefficient (Wildman–Crippen LogP) is 4.30. The van der Waals surface area contributed by atoms with E-state index in [2.05, 4.69) is 15.2 Å². The van der Waals surface area contributed by atoms with Gasteiger partial charge in [0.05, 0.1) is 28.5 Å². The van der Waals surface area contributed by atoms with E-state index in [0.29, 0.717) is 33.8 Å². The van der Waals surface area contributed by atoms with E-state index >= 15 is 0 Å². The molecule has 0 radical (unpaired) electrons. The Hall–Kier alpha value is -3.60. The number of hydrogen-bond acceptors (Lipinski definition) is 5. The van der Waals surface area contributed by atoms with Crippen molar-refractivity contribution in [1.82, 2.24) is 28.7 Å². The van der Waals surface area contributed by atoms with E-state index in [-0.39, 0.29) is 16.5 Å². The van der Waals surface area contributed by atoms with Crippen LogP contribution in [0.2, 0.25) is 0 Å². The summed E-state index contributed by atoms with van der Waals surface area (Å²) in [7, 11) is 1.61. The van der Waals surface area contributed by atoms with Crippen LogP contribution in [0.5, 0.6) is 0 Å². The molecule has 0 bridgehead atoms. The summed E-state index contributed by atoms with van der Waals surface area (Å²) >= 11 is 1.14. The largest absolute Gasteiger partial charge is 0.406 e. The summed E-state index contributed by atoms with van der Waals surface area (Å²) < 4.78 is 44.4. The minimum atomic E-state index is -4.41. The van der Waals surface area contributed by atoms with E-state index in [1.807, 2.05) is 0 Å². The molecule has 0 N–H and O–H groups in total. The highest BCUT2D eigenvalue weighted by atomic mass is 32.2. The van der Waals surface area contributed by atoms with E-state index in [0.717, 1.165) is 16.3 Å². The zero-order chi connectivity index (χ0) is 23.2. The van der Waals surface area contributed by atoms with Gasteiger partial charge >= 0.3 is 6.18 Å². The average molecular weight is 470 g/mol. The standard InChI is InChI=1S/C22H17F3N6OS/c1-29-19(32)15-9-5-6-10-16(15)31-18(27-28-20(29)31)12-33-21-26-11-17(14-7-3-2-4-8-14)30(21)13-22(23,24)25/h2-11H,12-13H2,1H3. The molecule has 3 aromatic heterocycles. The van der Waals surface area contributed by atoms with Gasteiger partial charge in [0.25, 0.3) is 5.56 Å². The highest BCUT2D eigenvalue weighted by Crippen LogP contribution is 2.31. The molecule has 0 amide bonds. The normalized spacial score (nSPS) is 12.1. The number of fused-ring (bicyclic) bond motifs is 3. The topological polar surface area (TPSA) is 70.0 Å². The number of halogens is 3. The van der Waals surface area contributed by atoms with Crippen molar-refractivity contribution in [3.63, 3.8) is 0 Å². The van der Waals surface area contributed by atoms with Crippen LogP contribution in [0, 0.1) is 0 Å². The summed E-state index contributed by atoms with van der Waals surface area (Å²) in [6.45, 7) is -1.16. The molecule has 5 aromatic rings. The number of para-hydroxylation sites is 1. The second-order valence-electron chi connectivity index (χ2n) is 7.41. The number of thioether (sulfide) groups is 1. The molecule has 0 saturated carbocycles. The van der Waals surface area contributed by atoms with Gasteiger partial charge in [-0.05, 0) is 17.7 Å². The Labute approximate surface area is 189 Å². The Morgan fingerprint density at radius 3 is 2.48 bits per heavy atom. The van der Waals surface area contributed by atoms with Gasteiger partial charge in [-0.15, -0.1) is 10.2 Å². The Kier molecular flexibility index (Phi) is 5.20. The van der Waals surface area contributed by atoms with Crippen molar-refractivity contribution >= 4 is 28.4 Å². The second kappa shape index (κ2) is 8.07. The Morgan fingerprint density at radius 1 is 1.00 bits per heavy atom. The molecule has 3 heterocycles. The summed E-state index contributed by atoms with van der Waals surface area (Å²) in [5, 5.41) is 9.06. The molecule has 33 heavy (non-hydrogen) atoms. The molecule has 0 aliphatic rings. The number of aryl methyl sites for hydroxylation is 1. The van der Waals surface area contributed by atoms with Crippen molar-refractivity contribution in [3.8, 4) is 11.3 Å². The Bertz CT molecular complexity index is 1520. The minimum absolute atomic E-state index is 0.196. The van der Waals surface area contributed by atoms with E-state index < -0.39 is 12.7 Å². The SMILES string of the molecule is Cn1c(=O)c2ccccc2n2c(CSc3ncc(-c4ccccc4)n3CC(F)(F)F)nnc12. The predicted molar refractivity (Wildman–Crippen MR) is 119 cm³/mol. The fourth-order valence-electron chi connectivity index (χ4n) is 3.76. The highest BCUT2D eigenvalue weighted by Gasteiger charge is 2.31. The van der Waals surface area contributed by atoms with Crippen LogP contribution >= 0.6 is 11.8 Å². The number of imidazole rings is 1. The highest BCUT2D eigenvalue weighted by molar-refractivity contribution is 7.98. The zero-order valence-corrected chi connectivity index (χ0v) is 18.1. The maximum Gasteiger partial charge on any atom is 0.406 e. The molecule has 0 atom stereocenters. The molecular weight excluding hydrogens is 453 g/mol. The number of hydrogen-bond donors (Lipinski definition) is 0. The molecule has 2 aromatic carbocycles. The quantitative estimate of drug-likeness (QED) is 0.358. The Balaban J connectivity index is 1.55. The molecular formula is C22H17F3N6OS. The lowest BCUT2D eigenvalue weighted by Gasteiger charge is -2.14. The van der Waals surface area contributed by atoms with Gasteiger partial charge in [0.1, 0.15) is 12.4 Å². The number of alkyl halides is 3. The first kappa shape index (κ1) is 21.3. The van der Waals surface area contributed by atoms with Crippen LogP contribution in [-0.4, -0.2) is 34.9 Å². The van der Waals surface area contributed by atoms with Crippen LogP contribution < -0.4 is 5.56 Å². The van der Waals surface area contributed by atoms with Crippen LogP contribution in [-0.2, 0) is 19.3 Å². The van der Waals surface area contributed by atoms with E-state index in [9.17, 15) is 18.0 Å². The molecule has 5 rings (SSSR count). The minimum Gasteiger partial charge on any atom is -0.310 e. The molecule has 0 fully saturated rings. The van der Waals surface area contributed by atoms with Crippen LogP contribution in [0.25, 0.3) is 27.9 Å². The van der Waals surface area contributed by atoms with Gasteiger partial charge in [0.2, 0.25) is 5.78 Å². The monoisotopic (exact) mass is 470 g/mol. The lowest BCUT2D eigenvalue weighted by Crippen LogP contribution is -2.20. The molecule has 0 aliphatic heterocycles. The third kappa shape index (κ3) is 3.88. The lowest BCUT2D eigenvalue weighted by atomic mass is 10.2. The van der Waals surface area contributed by atoms with Crippen LogP contribution in [0.3, 0.4) is 0 Å². The first-order chi connectivity index (χ1) is 15.8. The van der Waals surface area contributed by atoms with Gasteiger partial charge in [-0.3, -0.25) is 13.8 Å². The fourth-order valence-corrected chi connectivity index (χ4v) is 4.65. The van der Waals surface area contributed by atoms with E-state index in [1.165, 1.54) is 10.8 Å². The van der Waals surface area contributed by atoms with E-state index in [1.54, 1.807) is 66.0 Å². The smallest absolute Gasteiger partial charge is 0.310 e. The molecule has 0 saturated heterocycles. The Morgan fingerprint density at radius 2 is 1.73 bits per heavy atom. The van der Waals surface area contributed by atoms with Gasteiger partial charge in [-0.2, -0.15) is 13.2 Å². The zero-order valence-electron chi connectivity index (χ0n) is 17.3. The molecule has 11 heteroatoms. The van der Waals surface area contributed by atoms with Gasteiger partial charge in [-0.1, -0.05) is 54.2 Å².